The average Bonchev–Trinajstić information content (AvgIpc) is 2.98. The van der Waals surface area contributed by atoms with Crippen molar-refractivity contribution in [3.63, 3.8) is 0 Å². The van der Waals surface area contributed by atoms with Gasteiger partial charge in [0.15, 0.2) is 0 Å². The number of fused-ring (bicyclic) bond motifs is 1. The number of hydrogen-bond donors (Lipinski definition) is 1. The van der Waals surface area contributed by atoms with E-state index in [0.29, 0.717) is 37.1 Å². The number of carbonyl (C=O) groups excluding carboxylic acids is 2. The van der Waals surface area contributed by atoms with E-state index < -0.39 is 5.97 Å². The first kappa shape index (κ1) is 20.5. The summed E-state index contributed by atoms with van der Waals surface area (Å²) in [7, 11) is 0. The van der Waals surface area contributed by atoms with E-state index in [-0.39, 0.29) is 30.8 Å². The Morgan fingerprint density at radius 3 is 2.67 bits per heavy atom. The van der Waals surface area contributed by atoms with Crippen molar-refractivity contribution in [3.8, 4) is 5.75 Å². The maximum atomic E-state index is 13.4. The quantitative estimate of drug-likeness (QED) is 0.578. The highest BCUT2D eigenvalue weighted by Gasteiger charge is 2.33. The molecule has 1 atom stereocenters. The molecule has 0 spiro atoms. The molecule has 2 aromatic carbocycles. The van der Waals surface area contributed by atoms with Crippen LogP contribution in [-0.4, -0.2) is 60.0 Å². The van der Waals surface area contributed by atoms with Crippen molar-refractivity contribution < 1.29 is 29.2 Å². The van der Waals surface area contributed by atoms with E-state index in [1.54, 1.807) is 21.9 Å². The summed E-state index contributed by atoms with van der Waals surface area (Å²) in [6.07, 6.45) is 0. The second kappa shape index (κ2) is 8.91. The van der Waals surface area contributed by atoms with Crippen LogP contribution in [0.5, 0.6) is 5.75 Å². The summed E-state index contributed by atoms with van der Waals surface area (Å²) in [5, 5.41) is 9.22. The van der Waals surface area contributed by atoms with Crippen LogP contribution in [0.15, 0.2) is 42.5 Å². The Bertz CT molecular complexity index is 947. The van der Waals surface area contributed by atoms with Gasteiger partial charge in [0.1, 0.15) is 12.4 Å². The van der Waals surface area contributed by atoms with Gasteiger partial charge in [-0.2, -0.15) is 5.26 Å². The summed E-state index contributed by atoms with van der Waals surface area (Å²) in [5.41, 5.74) is 1.76. The highest BCUT2D eigenvalue weighted by Crippen LogP contribution is 2.34. The van der Waals surface area contributed by atoms with Crippen LogP contribution in [0.2, 0.25) is 5.02 Å². The number of amides is 2. The molecule has 9 heteroatoms. The Hall–Kier alpha value is -2.81. The fraction of sp³-hybridized carbons (Fsp3) is 0.333. The van der Waals surface area contributed by atoms with E-state index in [4.69, 9.17) is 26.3 Å². The number of morpholine rings is 1. The second-order valence-corrected chi connectivity index (χ2v) is 7.53. The van der Waals surface area contributed by atoms with E-state index in [0.717, 1.165) is 11.1 Å². The number of urea groups is 1. The van der Waals surface area contributed by atoms with Gasteiger partial charge < -0.3 is 19.3 Å². The summed E-state index contributed by atoms with van der Waals surface area (Å²) in [4.78, 5) is 32.4. The molecule has 0 unspecified atom stereocenters. The Kier molecular flexibility index (Phi) is 6.08. The zero-order chi connectivity index (χ0) is 21.1. The molecular weight excluding hydrogens is 412 g/mol. The Morgan fingerprint density at radius 2 is 1.93 bits per heavy atom. The fourth-order valence-corrected chi connectivity index (χ4v) is 3.88. The molecular formula is C21H21ClN2O6. The van der Waals surface area contributed by atoms with E-state index in [1.165, 1.54) is 12.1 Å². The summed E-state index contributed by atoms with van der Waals surface area (Å²) in [5.74, 6) is -0.416. The van der Waals surface area contributed by atoms with Crippen molar-refractivity contribution in [1.82, 2.24) is 9.80 Å². The molecule has 0 aliphatic carbocycles. The zero-order valence-corrected chi connectivity index (χ0v) is 16.9. The van der Waals surface area contributed by atoms with Gasteiger partial charge in [-0.1, -0.05) is 29.8 Å². The van der Waals surface area contributed by atoms with Crippen molar-refractivity contribution in [2.75, 3.05) is 32.9 Å². The molecule has 0 radical (unpaired) electrons. The lowest BCUT2D eigenvalue weighted by molar-refractivity contribution is -0.182. The molecule has 1 N–H and O–H groups in total. The highest BCUT2D eigenvalue weighted by atomic mass is 35.5. The summed E-state index contributed by atoms with van der Waals surface area (Å²) < 4.78 is 11.4. The smallest absolute Gasteiger partial charge is 0.372 e. The molecule has 2 aliphatic rings. The molecule has 2 aliphatic heterocycles. The average molecular weight is 433 g/mol. The van der Waals surface area contributed by atoms with Crippen LogP contribution >= 0.6 is 11.6 Å². The highest BCUT2D eigenvalue weighted by molar-refractivity contribution is 6.30. The molecule has 0 aromatic heterocycles. The molecule has 8 nitrogen and oxygen atoms in total. The molecule has 2 amide bonds. The van der Waals surface area contributed by atoms with Gasteiger partial charge in [-0.05, 0) is 29.8 Å². The maximum absolute atomic E-state index is 13.4. The standard InChI is InChI=1S/C21H21ClN2O6/c22-17-3-1-2-14(10-17)18-13-29-19-11-15(20(25)30-27)4-5-16(19)12-24(18)21(26)23-6-8-28-9-7-23/h1-5,10-11,18,27H,6-9,12-13H2/t18-/m1/s1. The summed E-state index contributed by atoms with van der Waals surface area (Å²) in [6, 6.07) is 11.6. The van der Waals surface area contributed by atoms with Gasteiger partial charge in [0, 0.05) is 23.7 Å². The van der Waals surface area contributed by atoms with Gasteiger partial charge in [-0.15, -0.1) is 0 Å². The lowest BCUT2D eigenvalue weighted by atomic mass is 10.1. The molecule has 4 rings (SSSR count). The molecule has 0 saturated carbocycles. The van der Waals surface area contributed by atoms with Crippen molar-refractivity contribution in [2.24, 2.45) is 0 Å². The molecule has 158 valence electrons. The van der Waals surface area contributed by atoms with Gasteiger partial charge >= 0.3 is 12.0 Å². The molecule has 2 heterocycles. The van der Waals surface area contributed by atoms with Gasteiger partial charge in [-0.3, -0.25) is 4.89 Å². The van der Waals surface area contributed by atoms with Crippen molar-refractivity contribution in [2.45, 2.75) is 12.6 Å². The van der Waals surface area contributed by atoms with E-state index in [9.17, 15) is 9.59 Å². The van der Waals surface area contributed by atoms with Crippen LogP contribution in [0.25, 0.3) is 0 Å². The topological polar surface area (TPSA) is 88.5 Å². The number of benzene rings is 2. The summed E-state index contributed by atoms with van der Waals surface area (Å²) >= 11 is 6.20. The predicted octanol–water partition coefficient (Wildman–Crippen LogP) is 3.36. The van der Waals surface area contributed by atoms with Gasteiger partial charge in [0.25, 0.3) is 0 Å². The van der Waals surface area contributed by atoms with Crippen molar-refractivity contribution in [1.29, 1.82) is 0 Å². The minimum absolute atomic E-state index is 0.112. The number of carbonyl (C=O) groups is 2. The zero-order valence-electron chi connectivity index (χ0n) is 16.1. The lowest BCUT2D eigenvalue weighted by Crippen LogP contribution is -2.49. The van der Waals surface area contributed by atoms with Crippen LogP contribution in [0.3, 0.4) is 0 Å². The Morgan fingerprint density at radius 1 is 1.13 bits per heavy atom. The third-order valence-electron chi connectivity index (χ3n) is 5.26. The van der Waals surface area contributed by atoms with Gasteiger partial charge in [0.05, 0.1) is 31.4 Å². The number of ether oxygens (including phenoxy) is 2. The summed E-state index contributed by atoms with van der Waals surface area (Å²) in [6.45, 7) is 2.51. The normalized spacial score (nSPS) is 18.8. The monoisotopic (exact) mass is 432 g/mol. The largest absolute Gasteiger partial charge is 0.491 e. The first-order valence-electron chi connectivity index (χ1n) is 9.57. The molecule has 2 aromatic rings. The molecule has 0 bridgehead atoms. The van der Waals surface area contributed by atoms with Crippen LogP contribution < -0.4 is 4.74 Å². The Balaban J connectivity index is 1.69. The number of rotatable bonds is 2. The molecule has 1 saturated heterocycles. The van der Waals surface area contributed by atoms with Gasteiger partial charge in [0.2, 0.25) is 0 Å². The fourth-order valence-electron chi connectivity index (χ4n) is 3.68. The number of halogens is 1. The van der Waals surface area contributed by atoms with Crippen molar-refractivity contribution in [3.05, 3.63) is 64.2 Å². The van der Waals surface area contributed by atoms with E-state index >= 15 is 0 Å². The Labute approximate surface area is 178 Å². The van der Waals surface area contributed by atoms with Gasteiger partial charge in [-0.25, -0.2) is 9.59 Å². The minimum atomic E-state index is -0.877. The van der Waals surface area contributed by atoms with E-state index in [2.05, 4.69) is 4.89 Å². The third kappa shape index (κ3) is 4.21. The number of nitrogens with zero attached hydrogens (tertiary/aromatic N) is 2. The van der Waals surface area contributed by atoms with E-state index in [1.807, 2.05) is 18.2 Å². The van der Waals surface area contributed by atoms with Crippen molar-refractivity contribution >= 4 is 23.6 Å². The minimum Gasteiger partial charge on any atom is -0.491 e. The number of hydrogen-bond acceptors (Lipinski definition) is 6. The second-order valence-electron chi connectivity index (χ2n) is 7.09. The third-order valence-corrected chi connectivity index (χ3v) is 5.50. The SMILES string of the molecule is O=C(OO)c1ccc2c(c1)OC[C@H](c1cccc(Cl)c1)N(C(=O)N1CCOCC1)C2. The van der Waals surface area contributed by atoms with Crippen LogP contribution in [0.4, 0.5) is 4.79 Å². The first-order chi connectivity index (χ1) is 14.6. The van der Waals surface area contributed by atoms with Crippen LogP contribution in [0, 0.1) is 0 Å². The lowest BCUT2D eigenvalue weighted by Gasteiger charge is -2.36. The molecule has 30 heavy (non-hydrogen) atoms. The molecule has 1 fully saturated rings. The first-order valence-corrected chi connectivity index (χ1v) is 9.95. The van der Waals surface area contributed by atoms with Crippen LogP contribution in [0.1, 0.15) is 27.5 Å². The predicted molar refractivity (Wildman–Crippen MR) is 108 cm³/mol. The van der Waals surface area contributed by atoms with Crippen LogP contribution in [-0.2, 0) is 16.2 Å². The maximum Gasteiger partial charge on any atom is 0.372 e.